The summed E-state index contributed by atoms with van der Waals surface area (Å²) in [4.78, 5) is 22.0. The van der Waals surface area contributed by atoms with E-state index in [1.165, 1.54) is 6.07 Å². The fourth-order valence-electron chi connectivity index (χ4n) is 2.89. The Labute approximate surface area is 154 Å². The molecule has 4 aromatic carbocycles. The summed E-state index contributed by atoms with van der Waals surface area (Å²) in [6.45, 7) is 0. The number of carbonyl (C=O) groups is 2. The molecule has 5 nitrogen and oxygen atoms in total. The summed E-state index contributed by atoms with van der Waals surface area (Å²) in [5, 5.41) is 30.5. The third-order valence-corrected chi connectivity index (χ3v) is 4.14. The fourth-order valence-corrected chi connectivity index (χ4v) is 2.89. The topological polar surface area (TPSA) is 94.8 Å². The Morgan fingerprint density at radius 3 is 1.74 bits per heavy atom. The molecule has 0 radical (unpaired) electrons. The van der Waals surface area contributed by atoms with Crippen molar-refractivity contribution >= 4 is 33.5 Å². The van der Waals surface area contributed by atoms with Gasteiger partial charge in [-0.3, -0.25) is 0 Å². The largest absolute Gasteiger partial charge is 0.507 e. The molecule has 134 valence electrons. The average Bonchev–Trinajstić information content (AvgIpc) is 2.67. The van der Waals surface area contributed by atoms with E-state index in [0.717, 1.165) is 10.8 Å². The standard InChI is InChI=1S/C12H8O4.C10H8O/c13-11(14)9-6-5-7-3-1-2-4-8(7)10(9)12(15)16;11-10-7-3-5-8-4-1-2-6-9(8)10/h1-6H,(H,13,14)(H,15,16);1-7,11H. The van der Waals surface area contributed by atoms with Crippen molar-refractivity contribution in [2.45, 2.75) is 0 Å². The first-order valence-corrected chi connectivity index (χ1v) is 8.14. The summed E-state index contributed by atoms with van der Waals surface area (Å²) in [5.74, 6) is -2.11. The summed E-state index contributed by atoms with van der Waals surface area (Å²) in [5.41, 5.74) is -0.350. The number of carboxylic acids is 2. The highest BCUT2D eigenvalue weighted by Crippen LogP contribution is 2.23. The number of benzene rings is 4. The number of rotatable bonds is 2. The summed E-state index contributed by atoms with van der Waals surface area (Å²) in [6.07, 6.45) is 0. The van der Waals surface area contributed by atoms with Gasteiger partial charge in [0.1, 0.15) is 5.75 Å². The monoisotopic (exact) mass is 360 g/mol. The van der Waals surface area contributed by atoms with Crippen molar-refractivity contribution in [1.82, 2.24) is 0 Å². The summed E-state index contributed by atoms with van der Waals surface area (Å²) in [6, 6.07) is 23.0. The molecular formula is C22H16O5. The third-order valence-electron chi connectivity index (χ3n) is 4.14. The molecule has 27 heavy (non-hydrogen) atoms. The van der Waals surface area contributed by atoms with Crippen molar-refractivity contribution in [2.75, 3.05) is 0 Å². The zero-order valence-corrected chi connectivity index (χ0v) is 14.2. The molecule has 0 heterocycles. The van der Waals surface area contributed by atoms with Gasteiger partial charge in [-0.05, 0) is 28.3 Å². The fraction of sp³-hybridized carbons (Fsp3) is 0. The molecule has 0 unspecified atom stereocenters. The van der Waals surface area contributed by atoms with Crippen molar-refractivity contribution < 1.29 is 24.9 Å². The van der Waals surface area contributed by atoms with Crippen molar-refractivity contribution in [3.8, 4) is 5.75 Å². The van der Waals surface area contributed by atoms with Crippen LogP contribution in [0.4, 0.5) is 0 Å². The highest BCUT2D eigenvalue weighted by Gasteiger charge is 2.18. The van der Waals surface area contributed by atoms with Crippen LogP contribution in [0.3, 0.4) is 0 Å². The van der Waals surface area contributed by atoms with E-state index in [1.54, 1.807) is 36.4 Å². The second-order valence-corrected chi connectivity index (χ2v) is 5.82. The van der Waals surface area contributed by atoms with Gasteiger partial charge in [0.2, 0.25) is 0 Å². The SMILES string of the molecule is O=C(O)c1ccc2ccccc2c1C(=O)O.Oc1cccc2ccccc12. The lowest BCUT2D eigenvalue weighted by Gasteiger charge is -2.05. The highest BCUT2D eigenvalue weighted by molar-refractivity contribution is 6.11. The van der Waals surface area contributed by atoms with Crippen molar-refractivity contribution in [3.05, 3.63) is 90.0 Å². The lowest BCUT2D eigenvalue weighted by molar-refractivity contribution is 0.0653. The molecule has 0 aliphatic heterocycles. The van der Waals surface area contributed by atoms with Crippen LogP contribution in [0.25, 0.3) is 21.5 Å². The molecule has 0 fully saturated rings. The van der Waals surface area contributed by atoms with E-state index in [-0.39, 0.29) is 11.1 Å². The molecule has 5 heteroatoms. The van der Waals surface area contributed by atoms with E-state index in [4.69, 9.17) is 10.2 Å². The van der Waals surface area contributed by atoms with Gasteiger partial charge in [-0.1, -0.05) is 66.7 Å². The number of aromatic hydroxyl groups is 1. The third kappa shape index (κ3) is 3.72. The number of phenols is 1. The van der Waals surface area contributed by atoms with Crippen LogP contribution in [0, 0.1) is 0 Å². The predicted octanol–water partition coefficient (Wildman–Crippen LogP) is 4.78. The summed E-state index contributed by atoms with van der Waals surface area (Å²) >= 11 is 0. The molecule has 0 aliphatic carbocycles. The van der Waals surface area contributed by atoms with Crippen LogP contribution in [0.2, 0.25) is 0 Å². The molecule has 3 N–H and O–H groups in total. The Bertz CT molecular complexity index is 1140. The second-order valence-electron chi connectivity index (χ2n) is 5.82. The van der Waals surface area contributed by atoms with Crippen LogP contribution in [0.5, 0.6) is 5.75 Å². The second kappa shape index (κ2) is 7.58. The normalized spacial score (nSPS) is 10.2. The number of fused-ring (bicyclic) bond motifs is 2. The molecule has 0 spiro atoms. The van der Waals surface area contributed by atoms with Gasteiger partial charge >= 0.3 is 11.9 Å². The first-order chi connectivity index (χ1) is 13.0. The van der Waals surface area contributed by atoms with Gasteiger partial charge in [0.25, 0.3) is 0 Å². The highest BCUT2D eigenvalue weighted by atomic mass is 16.4. The molecule has 4 rings (SSSR count). The smallest absolute Gasteiger partial charge is 0.337 e. The van der Waals surface area contributed by atoms with Crippen LogP contribution < -0.4 is 0 Å². The minimum absolute atomic E-state index is 0.161. The number of carboxylic acid groups (broad SMARTS) is 2. The lowest BCUT2D eigenvalue weighted by atomic mass is 9.99. The lowest BCUT2D eigenvalue weighted by Crippen LogP contribution is -2.08. The van der Waals surface area contributed by atoms with E-state index < -0.39 is 11.9 Å². The molecule has 0 amide bonds. The van der Waals surface area contributed by atoms with Crippen molar-refractivity contribution in [1.29, 1.82) is 0 Å². The first-order valence-electron chi connectivity index (χ1n) is 8.14. The van der Waals surface area contributed by atoms with Crippen LogP contribution >= 0.6 is 0 Å². The molecule has 0 saturated heterocycles. The van der Waals surface area contributed by atoms with Crippen molar-refractivity contribution in [3.63, 3.8) is 0 Å². The Kier molecular flexibility index (Phi) is 5.04. The van der Waals surface area contributed by atoms with Gasteiger partial charge < -0.3 is 15.3 Å². The first kappa shape index (κ1) is 17.9. The van der Waals surface area contributed by atoms with Gasteiger partial charge in [0, 0.05) is 5.39 Å². The summed E-state index contributed by atoms with van der Waals surface area (Å²) in [7, 11) is 0. The quantitative estimate of drug-likeness (QED) is 0.478. The molecule has 0 aliphatic rings. The maximum absolute atomic E-state index is 11.1. The van der Waals surface area contributed by atoms with Crippen LogP contribution in [0.1, 0.15) is 20.7 Å². The minimum Gasteiger partial charge on any atom is -0.507 e. The zero-order chi connectivity index (χ0) is 19.4. The van der Waals surface area contributed by atoms with E-state index in [2.05, 4.69) is 0 Å². The van der Waals surface area contributed by atoms with Gasteiger partial charge in [0.05, 0.1) is 11.1 Å². The molecule has 0 saturated carbocycles. The Balaban J connectivity index is 0.000000166. The number of hydrogen-bond acceptors (Lipinski definition) is 3. The molecule has 0 bridgehead atoms. The average molecular weight is 360 g/mol. The van der Waals surface area contributed by atoms with Gasteiger partial charge in [-0.15, -0.1) is 0 Å². The van der Waals surface area contributed by atoms with E-state index in [9.17, 15) is 14.7 Å². The maximum Gasteiger partial charge on any atom is 0.337 e. The number of aromatic carboxylic acids is 2. The molecular weight excluding hydrogens is 344 g/mol. The van der Waals surface area contributed by atoms with Crippen molar-refractivity contribution in [2.24, 2.45) is 0 Å². The zero-order valence-electron chi connectivity index (χ0n) is 14.2. The minimum atomic E-state index is -1.23. The van der Waals surface area contributed by atoms with E-state index >= 15 is 0 Å². The Morgan fingerprint density at radius 2 is 1.15 bits per heavy atom. The Morgan fingerprint density at radius 1 is 0.593 bits per heavy atom. The van der Waals surface area contributed by atoms with Crippen LogP contribution in [-0.2, 0) is 0 Å². The Hall–Kier alpha value is -3.86. The van der Waals surface area contributed by atoms with E-state index in [1.807, 2.05) is 36.4 Å². The van der Waals surface area contributed by atoms with Gasteiger partial charge in [0.15, 0.2) is 0 Å². The predicted molar refractivity (Wildman–Crippen MR) is 103 cm³/mol. The molecule has 0 aromatic heterocycles. The van der Waals surface area contributed by atoms with Gasteiger partial charge in [-0.25, -0.2) is 9.59 Å². The molecule has 0 atom stereocenters. The van der Waals surface area contributed by atoms with Crippen LogP contribution in [-0.4, -0.2) is 27.3 Å². The number of hydrogen-bond donors (Lipinski definition) is 3. The summed E-state index contributed by atoms with van der Waals surface area (Å²) < 4.78 is 0. The maximum atomic E-state index is 11.1. The van der Waals surface area contributed by atoms with Crippen LogP contribution in [0.15, 0.2) is 78.9 Å². The van der Waals surface area contributed by atoms with Gasteiger partial charge in [-0.2, -0.15) is 0 Å². The van der Waals surface area contributed by atoms with E-state index in [0.29, 0.717) is 16.5 Å². The number of phenolic OH excluding ortho intramolecular Hbond substituents is 1. The molecule has 4 aromatic rings.